The summed E-state index contributed by atoms with van der Waals surface area (Å²) >= 11 is 0. The fourth-order valence-electron chi connectivity index (χ4n) is 5.39. The standard InChI is InChI=1S/C25H25N3O4/c1-32-25(31)23-20(15-29)19-14-27-21(22(19)28(23)13-17-9-5-6-12-26-17)11-10-18(24(27)30)16-7-3-2-4-8-16/h2-12,19-20,22-23,29H,13-15H2,1H3/t19-,20-,22+,23-/m1/s1. The van der Waals surface area contributed by atoms with E-state index in [1.165, 1.54) is 7.11 Å². The number of pyridine rings is 2. The van der Waals surface area contributed by atoms with Crippen LogP contribution in [0.4, 0.5) is 0 Å². The maximum atomic E-state index is 13.4. The molecule has 32 heavy (non-hydrogen) atoms. The summed E-state index contributed by atoms with van der Waals surface area (Å²) < 4.78 is 6.91. The number of nitrogens with zero attached hydrogens (tertiary/aromatic N) is 3. The van der Waals surface area contributed by atoms with Gasteiger partial charge in [0, 0.05) is 49.0 Å². The van der Waals surface area contributed by atoms with E-state index >= 15 is 0 Å². The lowest BCUT2D eigenvalue weighted by molar-refractivity contribution is -0.148. The number of carbonyl (C=O) groups excluding carboxylic acids is 1. The minimum absolute atomic E-state index is 0.0489. The smallest absolute Gasteiger partial charge is 0.323 e. The van der Waals surface area contributed by atoms with Gasteiger partial charge >= 0.3 is 5.97 Å². The van der Waals surface area contributed by atoms with Gasteiger partial charge in [-0.2, -0.15) is 0 Å². The maximum absolute atomic E-state index is 13.4. The van der Waals surface area contributed by atoms with Gasteiger partial charge in [0.2, 0.25) is 0 Å². The lowest BCUT2D eigenvalue weighted by Gasteiger charge is -2.29. The van der Waals surface area contributed by atoms with E-state index < -0.39 is 6.04 Å². The Morgan fingerprint density at radius 2 is 1.91 bits per heavy atom. The number of hydrogen-bond acceptors (Lipinski definition) is 6. The van der Waals surface area contributed by atoms with Crippen molar-refractivity contribution in [2.45, 2.75) is 25.2 Å². The van der Waals surface area contributed by atoms with E-state index in [0.717, 1.165) is 17.0 Å². The third kappa shape index (κ3) is 3.25. The van der Waals surface area contributed by atoms with Crippen molar-refractivity contribution in [2.75, 3.05) is 13.7 Å². The molecule has 0 aliphatic carbocycles. The Labute approximate surface area is 185 Å². The van der Waals surface area contributed by atoms with Gasteiger partial charge in [0.1, 0.15) is 6.04 Å². The number of aliphatic hydroxyl groups excluding tert-OH is 1. The number of rotatable bonds is 5. The highest BCUT2D eigenvalue weighted by atomic mass is 16.5. The predicted molar refractivity (Wildman–Crippen MR) is 119 cm³/mol. The Kier molecular flexibility index (Phi) is 5.36. The summed E-state index contributed by atoms with van der Waals surface area (Å²) in [5.41, 5.74) is 3.16. The quantitative estimate of drug-likeness (QED) is 0.624. The predicted octanol–water partition coefficient (Wildman–Crippen LogP) is 2.25. The topological polar surface area (TPSA) is 84.7 Å². The van der Waals surface area contributed by atoms with Crippen molar-refractivity contribution in [3.05, 3.63) is 88.6 Å². The normalized spacial score (nSPS) is 24.2. The molecule has 5 rings (SSSR count). The van der Waals surface area contributed by atoms with E-state index in [-0.39, 0.29) is 36.0 Å². The molecule has 1 N–H and O–H groups in total. The van der Waals surface area contributed by atoms with Gasteiger partial charge in [-0.05, 0) is 29.8 Å². The van der Waals surface area contributed by atoms with Crippen LogP contribution in [-0.4, -0.2) is 45.3 Å². The van der Waals surface area contributed by atoms with Crippen molar-refractivity contribution >= 4 is 5.97 Å². The number of hydrogen-bond donors (Lipinski definition) is 1. The summed E-state index contributed by atoms with van der Waals surface area (Å²) in [6, 6.07) is 18.3. The van der Waals surface area contributed by atoms with Crippen LogP contribution in [0.3, 0.4) is 0 Å². The molecular formula is C25H25N3O4. The first-order valence-corrected chi connectivity index (χ1v) is 10.8. The third-order valence-electron chi connectivity index (χ3n) is 6.79. The molecule has 1 fully saturated rings. The van der Waals surface area contributed by atoms with Gasteiger partial charge in [0.15, 0.2) is 0 Å². The zero-order chi connectivity index (χ0) is 22.2. The summed E-state index contributed by atoms with van der Waals surface area (Å²) in [5, 5.41) is 10.3. The first-order valence-electron chi connectivity index (χ1n) is 10.8. The van der Waals surface area contributed by atoms with Gasteiger partial charge < -0.3 is 14.4 Å². The summed E-state index contributed by atoms with van der Waals surface area (Å²) in [6.07, 6.45) is 1.72. The molecular weight excluding hydrogens is 406 g/mol. The summed E-state index contributed by atoms with van der Waals surface area (Å²) in [5.74, 6) is -0.786. The van der Waals surface area contributed by atoms with Gasteiger partial charge in [0.25, 0.3) is 5.56 Å². The average molecular weight is 431 g/mol. The SMILES string of the molecule is COC(=O)[C@H]1[C@H](CO)[C@H]2Cn3c(ccc(-c4ccccc4)c3=O)[C@H]2N1Cc1ccccn1. The molecule has 1 saturated heterocycles. The van der Waals surface area contributed by atoms with Crippen LogP contribution in [0, 0.1) is 11.8 Å². The number of ether oxygens (including phenoxy) is 1. The Morgan fingerprint density at radius 1 is 1.12 bits per heavy atom. The zero-order valence-corrected chi connectivity index (χ0v) is 17.8. The van der Waals surface area contributed by atoms with Crippen LogP contribution in [0.25, 0.3) is 11.1 Å². The first kappa shape index (κ1) is 20.6. The van der Waals surface area contributed by atoms with E-state index in [0.29, 0.717) is 18.7 Å². The molecule has 4 heterocycles. The van der Waals surface area contributed by atoms with E-state index in [4.69, 9.17) is 4.74 Å². The highest BCUT2D eigenvalue weighted by molar-refractivity contribution is 5.77. The van der Waals surface area contributed by atoms with Gasteiger partial charge in [-0.25, -0.2) is 0 Å². The third-order valence-corrected chi connectivity index (χ3v) is 6.79. The number of likely N-dealkylation sites (tertiary alicyclic amines) is 1. The molecule has 2 aliphatic heterocycles. The second-order valence-corrected chi connectivity index (χ2v) is 8.37. The second-order valence-electron chi connectivity index (χ2n) is 8.37. The monoisotopic (exact) mass is 431 g/mol. The highest BCUT2D eigenvalue weighted by Crippen LogP contribution is 2.50. The number of esters is 1. The van der Waals surface area contributed by atoms with E-state index in [9.17, 15) is 14.7 Å². The molecule has 164 valence electrons. The fraction of sp³-hybridized carbons (Fsp3) is 0.320. The number of fused-ring (bicyclic) bond motifs is 3. The molecule has 7 heteroatoms. The van der Waals surface area contributed by atoms with Gasteiger partial charge in [0.05, 0.1) is 18.8 Å². The minimum atomic E-state index is -0.598. The summed E-state index contributed by atoms with van der Waals surface area (Å²) in [6.45, 7) is 0.720. The summed E-state index contributed by atoms with van der Waals surface area (Å²) in [4.78, 5) is 32.6. The average Bonchev–Trinajstić information content (AvgIpc) is 3.35. The number of carbonyl (C=O) groups is 1. The highest BCUT2D eigenvalue weighted by Gasteiger charge is 2.56. The minimum Gasteiger partial charge on any atom is -0.468 e. The number of benzene rings is 1. The Hall–Kier alpha value is -3.29. The van der Waals surface area contributed by atoms with Crippen molar-refractivity contribution in [2.24, 2.45) is 11.8 Å². The molecule has 0 amide bonds. The molecule has 0 spiro atoms. The Balaban J connectivity index is 1.60. The molecule has 4 atom stereocenters. The van der Waals surface area contributed by atoms with Crippen LogP contribution in [0.15, 0.2) is 71.7 Å². The van der Waals surface area contributed by atoms with Crippen LogP contribution < -0.4 is 5.56 Å². The van der Waals surface area contributed by atoms with Crippen LogP contribution in [0.2, 0.25) is 0 Å². The molecule has 0 radical (unpaired) electrons. The molecule has 0 saturated carbocycles. The number of aromatic nitrogens is 2. The van der Waals surface area contributed by atoms with Gasteiger partial charge in [-0.1, -0.05) is 36.4 Å². The lowest BCUT2D eigenvalue weighted by Crippen LogP contribution is -2.43. The molecule has 0 unspecified atom stereocenters. The van der Waals surface area contributed by atoms with E-state index in [1.807, 2.05) is 65.6 Å². The van der Waals surface area contributed by atoms with Crippen LogP contribution in [0.1, 0.15) is 17.4 Å². The molecule has 2 aliphatic rings. The lowest BCUT2D eigenvalue weighted by atomic mass is 9.88. The molecule has 3 aromatic rings. The second kappa shape index (κ2) is 8.33. The largest absolute Gasteiger partial charge is 0.468 e. The van der Waals surface area contributed by atoms with Crippen LogP contribution in [-0.2, 0) is 22.6 Å². The zero-order valence-electron chi connectivity index (χ0n) is 17.8. The number of methoxy groups -OCH3 is 1. The molecule has 2 aromatic heterocycles. The van der Waals surface area contributed by atoms with Gasteiger partial charge in [-0.15, -0.1) is 0 Å². The Morgan fingerprint density at radius 3 is 2.59 bits per heavy atom. The summed E-state index contributed by atoms with van der Waals surface area (Å²) in [7, 11) is 1.37. The van der Waals surface area contributed by atoms with E-state index in [1.54, 1.807) is 10.8 Å². The van der Waals surface area contributed by atoms with Crippen LogP contribution in [0.5, 0.6) is 0 Å². The first-order chi connectivity index (χ1) is 15.6. The molecule has 0 bridgehead atoms. The molecule has 7 nitrogen and oxygen atoms in total. The number of aliphatic hydroxyl groups is 1. The van der Waals surface area contributed by atoms with Crippen molar-refractivity contribution in [3.8, 4) is 11.1 Å². The maximum Gasteiger partial charge on any atom is 0.323 e. The fourth-order valence-corrected chi connectivity index (χ4v) is 5.39. The van der Waals surface area contributed by atoms with Crippen molar-refractivity contribution in [1.29, 1.82) is 0 Å². The Bertz CT molecular complexity index is 1180. The molecule has 1 aromatic carbocycles. The van der Waals surface area contributed by atoms with Crippen molar-refractivity contribution < 1.29 is 14.6 Å². The van der Waals surface area contributed by atoms with Crippen LogP contribution >= 0.6 is 0 Å². The van der Waals surface area contributed by atoms with Crippen molar-refractivity contribution in [3.63, 3.8) is 0 Å². The van der Waals surface area contributed by atoms with E-state index in [2.05, 4.69) is 4.98 Å². The van der Waals surface area contributed by atoms with Crippen molar-refractivity contribution in [1.82, 2.24) is 14.5 Å². The van der Waals surface area contributed by atoms with Gasteiger partial charge in [-0.3, -0.25) is 19.5 Å².